The van der Waals surface area contributed by atoms with E-state index in [0.29, 0.717) is 0 Å². The van der Waals surface area contributed by atoms with Crippen molar-refractivity contribution >= 4 is 11.9 Å². The molecule has 1 rings (SSSR count). The van der Waals surface area contributed by atoms with Crippen LogP contribution >= 0.6 is 0 Å². The fourth-order valence-corrected chi connectivity index (χ4v) is 2.87. The van der Waals surface area contributed by atoms with Gasteiger partial charge in [-0.05, 0) is 47.6 Å². The molecule has 1 heterocycles. The number of hydrogen-bond donors (Lipinski definition) is 2. The number of carboxylic acid groups (broad SMARTS) is 1. The van der Waals surface area contributed by atoms with Crippen LogP contribution in [-0.4, -0.2) is 46.1 Å². The van der Waals surface area contributed by atoms with Gasteiger partial charge in [-0.3, -0.25) is 9.69 Å². The standard InChI is InChI=1S/C14H24N2O3/c1-13(2)8-10(9-14(3,4)16(13)5)15-11(17)6-7-12(18)19/h6-7,10H,8-9H2,1-5H3,(H,15,17)(H,18,19)/b7-6+. The lowest BCUT2D eigenvalue weighted by Gasteiger charge is -2.53. The Balaban J connectivity index is 2.71. The normalized spacial score (nSPS) is 23.4. The van der Waals surface area contributed by atoms with Crippen molar-refractivity contribution in [3.63, 3.8) is 0 Å². The van der Waals surface area contributed by atoms with Crippen molar-refractivity contribution in [1.29, 1.82) is 0 Å². The van der Waals surface area contributed by atoms with Crippen molar-refractivity contribution in [3.8, 4) is 0 Å². The third-order valence-electron chi connectivity index (χ3n) is 4.03. The summed E-state index contributed by atoms with van der Waals surface area (Å²) in [5, 5.41) is 11.4. The lowest BCUT2D eigenvalue weighted by molar-refractivity contribution is -0.131. The molecule has 0 spiro atoms. The van der Waals surface area contributed by atoms with Crippen molar-refractivity contribution in [1.82, 2.24) is 10.2 Å². The van der Waals surface area contributed by atoms with E-state index in [1.807, 2.05) is 0 Å². The van der Waals surface area contributed by atoms with Gasteiger partial charge in [0.15, 0.2) is 0 Å². The Kier molecular flexibility index (Phi) is 4.40. The van der Waals surface area contributed by atoms with Crippen LogP contribution in [0.5, 0.6) is 0 Å². The maximum Gasteiger partial charge on any atom is 0.328 e. The number of likely N-dealkylation sites (tertiary alicyclic amines) is 1. The van der Waals surface area contributed by atoms with Gasteiger partial charge in [-0.2, -0.15) is 0 Å². The van der Waals surface area contributed by atoms with E-state index in [1.165, 1.54) is 0 Å². The summed E-state index contributed by atoms with van der Waals surface area (Å²) in [7, 11) is 2.10. The van der Waals surface area contributed by atoms with Crippen LogP contribution in [0.25, 0.3) is 0 Å². The molecule has 1 fully saturated rings. The van der Waals surface area contributed by atoms with Crippen LogP contribution in [-0.2, 0) is 9.59 Å². The van der Waals surface area contributed by atoms with Gasteiger partial charge in [0.05, 0.1) is 0 Å². The van der Waals surface area contributed by atoms with E-state index in [2.05, 4.69) is 45.0 Å². The second-order valence-corrected chi connectivity index (χ2v) is 6.47. The highest BCUT2D eigenvalue weighted by Gasteiger charge is 2.43. The first kappa shape index (κ1) is 15.7. The third kappa shape index (κ3) is 4.06. The van der Waals surface area contributed by atoms with E-state index in [4.69, 9.17) is 5.11 Å². The van der Waals surface area contributed by atoms with Crippen LogP contribution in [0.15, 0.2) is 12.2 Å². The van der Waals surface area contributed by atoms with Crippen LogP contribution in [0, 0.1) is 0 Å². The summed E-state index contributed by atoms with van der Waals surface area (Å²) in [6, 6.07) is 0.0622. The molecule has 5 heteroatoms. The zero-order valence-corrected chi connectivity index (χ0v) is 12.4. The average Bonchev–Trinajstić information content (AvgIpc) is 2.22. The second-order valence-electron chi connectivity index (χ2n) is 6.47. The van der Waals surface area contributed by atoms with Gasteiger partial charge in [0.2, 0.25) is 5.91 Å². The summed E-state index contributed by atoms with van der Waals surface area (Å²) in [5.41, 5.74) is -0.00752. The first-order valence-electron chi connectivity index (χ1n) is 6.50. The molecule has 1 aliphatic heterocycles. The molecule has 1 amide bonds. The predicted octanol–water partition coefficient (Wildman–Crippen LogP) is 1.39. The zero-order chi connectivity index (χ0) is 14.8. The van der Waals surface area contributed by atoms with Gasteiger partial charge >= 0.3 is 5.97 Å². The van der Waals surface area contributed by atoms with Crippen LogP contribution in [0.2, 0.25) is 0 Å². The minimum absolute atomic E-state index is 0.00376. The molecule has 0 saturated carbocycles. The minimum Gasteiger partial charge on any atom is -0.478 e. The molecule has 108 valence electrons. The molecule has 5 nitrogen and oxygen atoms in total. The summed E-state index contributed by atoms with van der Waals surface area (Å²) in [5.74, 6) is -1.46. The number of aliphatic carboxylic acids is 1. The molecule has 1 aliphatic rings. The first-order chi connectivity index (χ1) is 8.54. The number of nitrogens with zero attached hydrogens (tertiary/aromatic N) is 1. The highest BCUT2D eigenvalue weighted by atomic mass is 16.4. The zero-order valence-electron chi connectivity index (χ0n) is 12.4. The topological polar surface area (TPSA) is 69.6 Å². The lowest BCUT2D eigenvalue weighted by Crippen LogP contribution is -2.62. The van der Waals surface area contributed by atoms with Crippen LogP contribution in [0.3, 0.4) is 0 Å². The number of piperidine rings is 1. The molecule has 19 heavy (non-hydrogen) atoms. The highest BCUT2D eigenvalue weighted by molar-refractivity contribution is 5.94. The summed E-state index contributed by atoms with van der Waals surface area (Å²) in [4.78, 5) is 24.3. The van der Waals surface area contributed by atoms with E-state index in [9.17, 15) is 9.59 Å². The van der Waals surface area contributed by atoms with Crippen molar-refractivity contribution in [2.24, 2.45) is 0 Å². The summed E-state index contributed by atoms with van der Waals surface area (Å²) in [6.07, 6.45) is 3.63. The van der Waals surface area contributed by atoms with Crippen molar-refractivity contribution < 1.29 is 14.7 Å². The molecule has 1 saturated heterocycles. The lowest BCUT2D eigenvalue weighted by atomic mass is 9.77. The molecule has 0 aromatic heterocycles. The molecular formula is C14H24N2O3. The number of carboxylic acids is 1. The smallest absolute Gasteiger partial charge is 0.328 e. The number of rotatable bonds is 3. The Labute approximate surface area is 114 Å². The average molecular weight is 268 g/mol. The Morgan fingerprint density at radius 1 is 1.16 bits per heavy atom. The number of hydrogen-bond acceptors (Lipinski definition) is 3. The van der Waals surface area contributed by atoms with E-state index >= 15 is 0 Å². The molecule has 2 N–H and O–H groups in total. The van der Waals surface area contributed by atoms with Gasteiger partial charge in [0, 0.05) is 29.3 Å². The Bertz CT molecular complexity index is 381. The molecule has 0 radical (unpaired) electrons. The molecule has 0 aromatic carbocycles. The monoisotopic (exact) mass is 268 g/mol. The Morgan fingerprint density at radius 2 is 1.63 bits per heavy atom. The molecule has 0 unspecified atom stereocenters. The molecule has 0 atom stereocenters. The molecule has 0 bridgehead atoms. The van der Waals surface area contributed by atoms with Gasteiger partial charge in [-0.15, -0.1) is 0 Å². The van der Waals surface area contributed by atoms with E-state index < -0.39 is 5.97 Å². The van der Waals surface area contributed by atoms with Crippen molar-refractivity contribution in [2.45, 2.75) is 57.7 Å². The molecule has 0 aromatic rings. The fourth-order valence-electron chi connectivity index (χ4n) is 2.87. The predicted molar refractivity (Wildman–Crippen MR) is 73.9 cm³/mol. The van der Waals surface area contributed by atoms with Crippen LogP contribution in [0.4, 0.5) is 0 Å². The molecular weight excluding hydrogens is 244 g/mol. The maximum atomic E-state index is 11.6. The van der Waals surface area contributed by atoms with E-state index in [0.717, 1.165) is 25.0 Å². The van der Waals surface area contributed by atoms with Crippen molar-refractivity contribution in [3.05, 3.63) is 12.2 Å². The number of nitrogens with one attached hydrogen (secondary N) is 1. The number of carbonyl (C=O) groups is 2. The first-order valence-corrected chi connectivity index (χ1v) is 6.50. The van der Waals surface area contributed by atoms with Crippen molar-refractivity contribution in [2.75, 3.05) is 7.05 Å². The highest BCUT2D eigenvalue weighted by Crippen LogP contribution is 2.36. The SMILES string of the molecule is CN1C(C)(C)CC(NC(=O)/C=C/C(=O)O)CC1(C)C. The van der Waals surface area contributed by atoms with Crippen LogP contribution in [0.1, 0.15) is 40.5 Å². The van der Waals surface area contributed by atoms with Gasteiger partial charge < -0.3 is 10.4 Å². The van der Waals surface area contributed by atoms with E-state index in [1.54, 1.807) is 0 Å². The second kappa shape index (κ2) is 5.33. The summed E-state index contributed by atoms with van der Waals surface area (Å²) < 4.78 is 0. The fraction of sp³-hybridized carbons (Fsp3) is 0.714. The Hall–Kier alpha value is -1.36. The maximum absolute atomic E-state index is 11.6. The largest absolute Gasteiger partial charge is 0.478 e. The van der Waals surface area contributed by atoms with Gasteiger partial charge in [0.1, 0.15) is 0 Å². The number of carbonyl (C=O) groups excluding carboxylic acids is 1. The summed E-state index contributed by atoms with van der Waals surface area (Å²) >= 11 is 0. The van der Waals surface area contributed by atoms with Gasteiger partial charge in [0.25, 0.3) is 0 Å². The quantitative estimate of drug-likeness (QED) is 0.759. The van der Waals surface area contributed by atoms with Crippen LogP contribution < -0.4 is 5.32 Å². The third-order valence-corrected chi connectivity index (χ3v) is 4.03. The minimum atomic E-state index is -1.11. The summed E-state index contributed by atoms with van der Waals surface area (Å²) in [6.45, 7) is 8.61. The van der Waals surface area contributed by atoms with Gasteiger partial charge in [-0.25, -0.2) is 4.79 Å². The number of amides is 1. The van der Waals surface area contributed by atoms with E-state index in [-0.39, 0.29) is 23.0 Å². The van der Waals surface area contributed by atoms with Gasteiger partial charge in [-0.1, -0.05) is 0 Å². The Morgan fingerprint density at radius 3 is 2.05 bits per heavy atom. The molecule has 0 aliphatic carbocycles.